The molecule has 0 N–H and O–H groups in total. The molecular weight excluding hydrogens is 160 g/mol. The molecule has 0 spiro atoms. The molecule has 0 aromatic carbocycles. The number of hydrogen-bond acceptors (Lipinski definition) is 1. The normalized spacial score (nSPS) is 30.2. The van der Waals surface area contributed by atoms with Crippen molar-refractivity contribution in [3.8, 4) is 0 Å². The molecule has 1 fully saturated rings. The van der Waals surface area contributed by atoms with Crippen LogP contribution in [0.25, 0.3) is 0 Å². The van der Waals surface area contributed by atoms with Crippen molar-refractivity contribution in [2.75, 3.05) is 0 Å². The van der Waals surface area contributed by atoms with Gasteiger partial charge in [-0.15, -0.1) is 0 Å². The number of allylic oxidation sites excluding steroid dienone is 2. The molecule has 1 atom stereocenters. The Morgan fingerprint density at radius 2 is 1.85 bits per heavy atom. The van der Waals surface area contributed by atoms with Crippen LogP contribution in [-0.2, 0) is 4.74 Å². The second-order valence-electron chi connectivity index (χ2n) is 4.29. The zero-order valence-electron chi connectivity index (χ0n) is 8.43. The molecule has 2 aliphatic heterocycles. The van der Waals surface area contributed by atoms with E-state index in [1.165, 1.54) is 63.5 Å². The standard InChI is InChI=1S/C12H20O/c1-2-4-7-11-9-6-10-12(13-11)8-5-3-1/h9,12H,1-8,10H2. The maximum absolute atomic E-state index is 5.92. The second kappa shape index (κ2) is 4.69. The van der Waals surface area contributed by atoms with Crippen molar-refractivity contribution >= 4 is 0 Å². The predicted octanol–water partition coefficient (Wildman–Crippen LogP) is 3.79. The summed E-state index contributed by atoms with van der Waals surface area (Å²) in [5.74, 6) is 1.29. The van der Waals surface area contributed by atoms with E-state index in [1.54, 1.807) is 0 Å². The van der Waals surface area contributed by atoms with E-state index >= 15 is 0 Å². The summed E-state index contributed by atoms with van der Waals surface area (Å²) >= 11 is 0. The third kappa shape index (κ3) is 2.75. The molecular formula is C12H20O. The monoisotopic (exact) mass is 180 g/mol. The van der Waals surface area contributed by atoms with Gasteiger partial charge in [0.25, 0.3) is 0 Å². The largest absolute Gasteiger partial charge is 0.495 e. The van der Waals surface area contributed by atoms with Crippen LogP contribution in [0.3, 0.4) is 0 Å². The van der Waals surface area contributed by atoms with Crippen LogP contribution in [0.1, 0.15) is 57.8 Å². The van der Waals surface area contributed by atoms with Crippen LogP contribution < -0.4 is 0 Å². The van der Waals surface area contributed by atoms with E-state index in [1.807, 2.05) is 0 Å². The number of hydrogen-bond donors (Lipinski definition) is 0. The van der Waals surface area contributed by atoms with Crippen molar-refractivity contribution < 1.29 is 4.74 Å². The highest BCUT2D eigenvalue weighted by molar-refractivity contribution is 4.98. The molecule has 13 heavy (non-hydrogen) atoms. The van der Waals surface area contributed by atoms with Crippen molar-refractivity contribution in [3.05, 3.63) is 11.8 Å². The molecule has 1 unspecified atom stereocenters. The third-order valence-electron chi connectivity index (χ3n) is 3.13. The van der Waals surface area contributed by atoms with E-state index < -0.39 is 0 Å². The zero-order chi connectivity index (χ0) is 8.93. The van der Waals surface area contributed by atoms with E-state index in [2.05, 4.69) is 6.08 Å². The Kier molecular flexibility index (Phi) is 3.28. The lowest BCUT2D eigenvalue weighted by molar-refractivity contribution is 0.0769. The summed E-state index contributed by atoms with van der Waals surface area (Å²) in [4.78, 5) is 0. The Morgan fingerprint density at radius 1 is 1.00 bits per heavy atom. The van der Waals surface area contributed by atoms with Gasteiger partial charge in [0.05, 0.1) is 11.9 Å². The Labute approximate surface area is 81.2 Å². The van der Waals surface area contributed by atoms with Gasteiger partial charge in [-0.3, -0.25) is 0 Å². The Morgan fingerprint density at radius 3 is 2.85 bits per heavy atom. The van der Waals surface area contributed by atoms with E-state index in [0.717, 1.165) is 0 Å². The zero-order valence-corrected chi connectivity index (χ0v) is 8.43. The molecule has 1 nitrogen and oxygen atoms in total. The summed E-state index contributed by atoms with van der Waals surface area (Å²) in [6.07, 6.45) is 14.8. The molecule has 2 aliphatic rings. The predicted molar refractivity (Wildman–Crippen MR) is 54.5 cm³/mol. The first kappa shape index (κ1) is 9.11. The fourth-order valence-electron chi connectivity index (χ4n) is 2.32. The van der Waals surface area contributed by atoms with Crippen molar-refractivity contribution in [3.63, 3.8) is 0 Å². The van der Waals surface area contributed by atoms with Crippen LogP contribution in [0.4, 0.5) is 0 Å². The highest BCUT2D eigenvalue weighted by atomic mass is 16.5. The Balaban J connectivity index is 1.91. The van der Waals surface area contributed by atoms with E-state index in [9.17, 15) is 0 Å². The second-order valence-corrected chi connectivity index (χ2v) is 4.29. The van der Waals surface area contributed by atoms with E-state index in [-0.39, 0.29) is 0 Å². The van der Waals surface area contributed by atoms with Gasteiger partial charge in [-0.05, 0) is 38.2 Å². The number of rotatable bonds is 0. The van der Waals surface area contributed by atoms with Gasteiger partial charge in [0.1, 0.15) is 0 Å². The van der Waals surface area contributed by atoms with E-state index in [0.29, 0.717) is 6.10 Å². The minimum atomic E-state index is 0.554. The average Bonchev–Trinajstić information content (AvgIpc) is 2.17. The Hall–Kier alpha value is -0.460. The molecule has 74 valence electrons. The quantitative estimate of drug-likeness (QED) is 0.551. The maximum atomic E-state index is 5.92. The topological polar surface area (TPSA) is 9.23 Å². The van der Waals surface area contributed by atoms with Crippen LogP contribution in [0.15, 0.2) is 11.8 Å². The molecule has 0 aliphatic carbocycles. The van der Waals surface area contributed by atoms with Crippen LogP contribution in [-0.4, -0.2) is 6.10 Å². The molecule has 0 aromatic heterocycles. The van der Waals surface area contributed by atoms with Gasteiger partial charge < -0.3 is 4.74 Å². The van der Waals surface area contributed by atoms with Crippen LogP contribution >= 0.6 is 0 Å². The molecule has 0 radical (unpaired) electrons. The molecule has 1 heteroatoms. The summed E-state index contributed by atoms with van der Waals surface area (Å²) in [6.45, 7) is 0. The van der Waals surface area contributed by atoms with Crippen molar-refractivity contribution in [1.82, 2.24) is 0 Å². The van der Waals surface area contributed by atoms with Crippen LogP contribution in [0.5, 0.6) is 0 Å². The molecule has 0 amide bonds. The lowest BCUT2D eigenvalue weighted by Crippen LogP contribution is -2.16. The van der Waals surface area contributed by atoms with E-state index in [4.69, 9.17) is 4.74 Å². The Bertz CT molecular complexity index is 184. The third-order valence-corrected chi connectivity index (χ3v) is 3.13. The highest BCUT2D eigenvalue weighted by Gasteiger charge is 2.16. The van der Waals surface area contributed by atoms with Crippen LogP contribution in [0, 0.1) is 0 Å². The number of fused-ring (bicyclic) bond motifs is 2. The summed E-state index contributed by atoms with van der Waals surface area (Å²) < 4.78 is 5.92. The van der Waals surface area contributed by atoms with Gasteiger partial charge in [0.15, 0.2) is 0 Å². The molecule has 2 bridgehead atoms. The molecule has 1 saturated heterocycles. The van der Waals surface area contributed by atoms with Crippen molar-refractivity contribution in [1.29, 1.82) is 0 Å². The first-order valence-corrected chi connectivity index (χ1v) is 5.81. The molecule has 0 saturated carbocycles. The first-order chi connectivity index (χ1) is 6.45. The summed E-state index contributed by atoms with van der Waals surface area (Å²) in [5, 5.41) is 0. The first-order valence-electron chi connectivity index (χ1n) is 5.81. The van der Waals surface area contributed by atoms with Gasteiger partial charge in [0.2, 0.25) is 0 Å². The SMILES string of the molecule is C1=C2CCCCCCCC(CC1)O2. The number of ether oxygens (including phenoxy) is 1. The van der Waals surface area contributed by atoms with Gasteiger partial charge in [-0.25, -0.2) is 0 Å². The smallest absolute Gasteiger partial charge is 0.0985 e. The van der Waals surface area contributed by atoms with Crippen LogP contribution in [0.2, 0.25) is 0 Å². The molecule has 2 heterocycles. The highest BCUT2D eigenvalue weighted by Crippen LogP contribution is 2.26. The van der Waals surface area contributed by atoms with Gasteiger partial charge in [-0.1, -0.05) is 19.3 Å². The van der Waals surface area contributed by atoms with Crippen molar-refractivity contribution in [2.24, 2.45) is 0 Å². The van der Waals surface area contributed by atoms with Crippen molar-refractivity contribution in [2.45, 2.75) is 63.9 Å². The fraction of sp³-hybridized carbons (Fsp3) is 0.833. The summed E-state index contributed by atoms with van der Waals surface area (Å²) in [6, 6.07) is 0. The lowest BCUT2D eigenvalue weighted by atomic mass is 9.99. The average molecular weight is 180 g/mol. The summed E-state index contributed by atoms with van der Waals surface area (Å²) in [5.41, 5.74) is 0. The summed E-state index contributed by atoms with van der Waals surface area (Å²) in [7, 11) is 0. The molecule has 2 rings (SSSR count). The minimum absolute atomic E-state index is 0.554. The lowest BCUT2D eigenvalue weighted by Gasteiger charge is -2.25. The van der Waals surface area contributed by atoms with Gasteiger partial charge in [0, 0.05) is 6.42 Å². The maximum Gasteiger partial charge on any atom is 0.0985 e. The minimum Gasteiger partial charge on any atom is -0.495 e. The molecule has 0 aromatic rings. The van der Waals surface area contributed by atoms with Gasteiger partial charge in [-0.2, -0.15) is 0 Å². The van der Waals surface area contributed by atoms with Gasteiger partial charge >= 0.3 is 0 Å². The fourth-order valence-corrected chi connectivity index (χ4v) is 2.32.